The summed E-state index contributed by atoms with van der Waals surface area (Å²) in [6, 6.07) is 15.0. The molecule has 0 saturated carbocycles. The van der Waals surface area contributed by atoms with E-state index in [0.717, 1.165) is 27.8 Å². The number of anilines is 1. The number of aliphatic hydroxyl groups is 2. The zero-order chi connectivity index (χ0) is 17.1. The lowest BCUT2D eigenvalue weighted by Crippen LogP contribution is -2.23. The number of nitrogens with zero attached hydrogens (tertiary/aromatic N) is 1. The lowest BCUT2D eigenvalue weighted by Gasteiger charge is -2.14. The van der Waals surface area contributed by atoms with Crippen LogP contribution in [0.3, 0.4) is 0 Å². The second kappa shape index (κ2) is 8.70. The number of hydrogen-bond acceptors (Lipinski definition) is 4. The number of aliphatic hydroxyl groups excluding tert-OH is 2. The van der Waals surface area contributed by atoms with Crippen LogP contribution in [0.15, 0.2) is 48.5 Å². The summed E-state index contributed by atoms with van der Waals surface area (Å²) in [6.07, 6.45) is -0.828. The van der Waals surface area contributed by atoms with Crippen molar-refractivity contribution in [2.45, 2.75) is 6.10 Å². The van der Waals surface area contributed by atoms with Crippen LogP contribution >= 0.6 is 35.6 Å². The zero-order valence-electron chi connectivity index (χ0n) is 13.1. The summed E-state index contributed by atoms with van der Waals surface area (Å²) >= 11 is 12.1. The summed E-state index contributed by atoms with van der Waals surface area (Å²) in [5, 5.41) is 23.6. The van der Waals surface area contributed by atoms with Crippen LogP contribution in [0.1, 0.15) is 0 Å². The van der Waals surface area contributed by atoms with E-state index in [1.54, 1.807) is 12.1 Å². The molecule has 0 aliphatic rings. The molecule has 0 radical (unpaired) electrons. The van der Waals surface area contributed by atoms with E-state index >= 15 is 0 Å². The number of pyridine rings is 1. The highest BCUT2D eigenvalue weighted by Crippen LogP contribution is 2.31. The fourth-order valence-electron chi connectivity index (χ4n) is 2.42. The number of rotatable bonds is 5. The zero-order valence-corrected chi connectivity index (χ0v) is 15.4. The van der Waals surface area contributed by atoms with Crippen molar-refractivity contribution in [1.29, 1.82) is 0 Å². The minimum Gasteiger partial charge on any atom is -0.394 e. The number of nitrogens with one attached hydrogen (secondary N) is 1. The van der Waals surface area contributed by atoms with Gasteiger partial charge in [0.05, 0.1) is 34.0 Å². The number of fused-ring (bicyclic) bond motifs is 1. The molecule has 0 saturated heterocycles. The topological polar surface area (TPSA) is 65.4 Å². The molecule has 25 heavy (non-hydrogen) atoms. The van der Waals surface area contributed by atoms with Gasteiger partial charge in [0.15, 0.2) is 0 Å². The molecule has 3 N–H and O–H groups in total. The summed E-state index contributed by atoms with van der Waals surface area (Å²) in [5.74, 6) is 0. The van der Waals surface area contributed by atoms with Gasteiger partial charge in [-0.25, -0.2) is 4.98 Å². The third kappa shape index (κ3) is 4.54. The van der Waals surface area contributed by atoms with Crippen LogP contribution in [0.5, 0.6) is 0 Å². The average molecular weight is 400 g/mol. The Morgan fingerprint density at radius 2 is 1.80 bits per heavy atom. The van der Waals surface area contributed by atoms with Crippen LogP contribution in [-0.2, 0) is 0 Å². The second-order valence-electron chi connectivity index (χ2n) is 5.42. The van der Waals surface area contributed by atoms with E-state index in [2.05, 4.69) is 10.3 Å². The van der Waals surface area contributed by atoms with Gasteiger partial charge in [-0.3, -0.25) is 0 Å². The molecule has 1 heterocycles. The van der Waals surface area contributed by atoms with Gasteiger partial charge >= 0.3 is 0 Å². The van der Waals surface area contributed by atoms with Gasteiger partial charge in [-0.2, -0.15) is 0 Å². The highest BCUT2D eigenvalue weighted by molar-refractivity contribution is 6.42. The third-order valence-corrected chi connectivity index (χ3v) is 4.41. The van der Waals surface area contributed by atoms with E-state index in [4.69, 9.17) is 28.3 Å². The van der Waals surface area contributed by atoms with Crippen LogP contribution in [-0.4, -0.2) is 34.5 Å². The normalized spacial score (nSPS) is 11.8. The summed E-state index contributed by atoms with van der Waals surface area (Å²) in [7, 11) is 0. The van der Waals surface area contributed by atoms with Crippen molar-refractivity contribution in [3.05, 3.63) is 58.6 Å². The van der Waals surface area contributed by atoms with Gasteiger partial charge in [0.1, 0.15) is 0 Å². The Hall–Kier alpha value is -1.56. The molecule has 1 atom stereocenters. The Morgan fingerprint density at radius 3 is 2.52 bits per heavy atom. The van der Waals surface area contributed by atoms with Crippen LogP contribution in [0.25, 0.3) is 22.2 Å². The molecule has 7 heteroatoms. The maximum absolute atomic E-state index is 9.58. The van der Waals surface area contributed by atoms with Crippen LogP contribution in [0, 0.1) is 0 Å². The predicted octanol–water partition coefficient (Wildman–Crippen LogP) is 4.40. The monoisotopic (exact) mass is 398 g/mol. The van der Waals surface area contributed by atoms with Gasteiger partial charge in [-0.1, -0.05) is 47.5 Å². The SMILES string of the molecule is Cl.OC[C@@H](O)CNc1cc(-c2ccc(Cl)c(Cl)c2)nc2ccccc12. The molecule has 0 unspecified atom stereocenters. The van der Waals surface area contributed by atoms with E-state index in [1.165, 1.54) is 0 Å². The summed E-state index contributed by atoms with van der Waals surface area (Å²) < 4.78 is 0. The smallest absolute Gasteiger partial charge is 0.0942 e. The van der Waals surface area contributed by atoms with Gasteiger partial charge in [0.2, 0.25) is 0 Å². The highest BCUT2D eigenvalue weighted by Gasteiger charge is 2.10. The Kier molecular flexibility index (Phi) is 6.87. The molecule has 2 aromatic carbocycles. The summed E-state index contributed by atoms with van der Waals surface area (Å²) in [4.78, 5) is 4.67. The fourth-order valence-corrected chi connectivity index (χ4v) is 2.72. The number of halogens is 3. The first-order valence-electron chi connectivity index (χ1n) is 7.46. The van der Waals surface area contributed by atoms with Crippen LogP contribution in [0.4, 0.5) is 5.69 Å². The van der Waals surface area contributed by atoms with Gasteiger partial charge in [-0.05, 0) is 24.3 Å². The largest absolute Gasteiger partial charge is 0.394 e. The van der Waals surface area contributed by atoms with E-state index in [-0.39, 0.29) is 25.6 Å². The summed E-state index contributed by atoms with van der Waals surface area (Å²) in [6.45, 7) is -0.0546. The van der Waals surface area contributed by atoms with Crippen LogP contribution < -0.4 is 5.32 Å². The minimum atomic E-state index is -0.828. The molecule has 0 aliphatic heterocycles. The number of para-hydroxylation sites is 1. The Labute approximate surface area is 161 Å². The standard InChI is InChI=1S/C18H16Cl2N2O2.ClH/c19-14-6-5-11(7-15(14)20)17-8-18(21-9-12(24)10-23)13-3-1-2-4-16(13)22-17;/h1-8,12,23-24H,9-10H2,(H,21,22);1H/t12-;/m0./s1. The molecule has 0 fully saturated rings. The highest BCUT2D eigenvalue weighted by atomic mass is 35.5. The van der Waals surface area contributed by atoms with Crippen molar-refractivity contribution in [2.24, 2.45) is 0 Å². The number of aromatic nitrogens is 1. The minimum absolute atomic E-state index is 0. The van der Waals surface area contributed by atoms with Crippen molar-refractivity contribution in [1.82, 2.24) is 4.98 Å². The van der Waals surface area contributed by atoms with Crippen molar-refractivity contribution < 1.29 is 10.2 Å². The predicted molar refractivity (Wildman–Crippen MR) is 106 cm³/mol. The molecular weight excluding hydrogens is 383 g/mol. The number of benzene rings is 2. The van der Waals surface area contributed by atoms with Gasteiger partial charge in [-0.15, -0.1) is 12.4 Å². The first-order valence-corrected chi connectivity index (χ1v) is 8.22. The molecule has 3 aromatic rings. The molecule has 3 rings (SSSR count). The van der Waals surface area contributed by atoms with E-state index < -0.39 is 6.10 Å². The van der Waals surface area contributed by atoms with Crippen molar-refractivity contribution in [2.75, 3.05) is 18.5 Å². The Balaban J connectivity index is 0.00000225. The van der Waals surface area contributed by atoms with E-state index in [1.807, 2.05) is 36.4 Å². The van der Waals surface area contributed by atoms with Crippen molar-refractivity contribution in [3.63, 3.8) is 0 Å². The molecule has 1 aromatic heterocycles. The van der Waals surface area contributed by atoms with Crippen molar-refractivity contribution >= 4 is 52.2 Å². The van der Waals surface area contributed by atoms with E-state index in [0.29, 0.717) is 10.0 Å². The average Bonchev–Trinajstić information content (AvgIpc) is 2.61. The van der Waals surface area contributed by atoms with Gasteiger partial charge < -0.3 is 15.5 Å². The quantitative estimate of drug-likeness (QED) is 0.595. The maximum atomic E-state index is 9.58. The maximum Gasteiger partial charge on any atom is 0.0942 e. The summed E-state index contributed by atoms with van der Waals surface area (Å²) in [5.41, 5.74) is 3.24. The van der Waals surface area contributed by atoms with Crippen LogP contribution in [0.2, 0.25) is 10.0 Å². The lowest BCUT2D eigenvalue weighted by atomic mass is 10.1. The van der Waals surface area contributed by atoms with E-state index in [9.17, 15) is 5.11 Å². The molecular formula is C18H17Cl3N2O2. The Bertz CT molecular complexity index is 874. The molecule has 0 bridgehead atoms. The molecule has 0 spiro atoms. The second-order valence-corrected chi connectivity index (χ2v) is 6.23. The van der Waals surface area contributed by atoms with Crippen molar-refractivity contribution in [3.8, 4) is 11.3 Å². The first-order chi connectivity index (χ1) is 11.6. The van der Waals surface area contributed by atoms with Gasteiger partial charge in [0.25, 0.3) is 0 Å². The molecule has 132 valence electrons. The molecule has 0 amide bonds. The Morgan fingerprint density at radius 1 is 1.04 bits per heavy atom. The molecule has 4 nitrogen and oxygen atoms in total. The lowest BCUT2D eigenvalue weighted by molar-refractivity contribution is 0.105. The number of hydrogen-bond donors (Lipinski definition) is 3. The first kappa shape index (κ1) is 19.8. The molecule has 0 aliphatic carbocycles. The fraction of sp³-hybridized carbons (Fsp3) is 0.167. The third-order valence-electron chi connectivity index (χ3n) is 3.67. The van der Waals surface area contributed by atoms with Gasteiger partial charge in [0, 0.05) is 23.2 Å².